The van der Waals surface area contributed by atoms with Gasteiger partial charge in [-0.25, -0.2) is 4.98 Å². The highest BCUT2D eigenvalue weighted by atomic mass is 35.5. The summed E-state index contributed by atoms with van der Waals surface area (Å²) in [6, 6.07) is 11.7. The first-order chi connectivity index (χ1) is 14.8. The minimum Gasteiger partial charge on any atom is -0.326 e. The number of hydrogen-bond acceptors (Lipinski definition) is 5. The lowest BCUT2D eigenvalue weighted by Crippen LogP contribution is -2.26. The number of thioether (sulfide) groups is 1. The summed E-state index contributed by atoms with van der Waals surface area (Å²) < 4.78 is 1.49. The third kappa shape index (κ3) is 5.53. The number of amides is 2. The third-order valence-electron chi connectivity index (χ3n) is 4.32. The minimum absolute atomic E-state index is 0.170. The van der Waals surface area contributed by atoms with Gasteiger partial charge in [0, 0.05) is 29.9 Å². The van der Waals surface area contributed by atoms with E-state index in [4.69, 9.17) is 11.6 Å². The lowest BCUT2D eigenvalue weighted by atomic mass is 10.2. The zero-order chi connectivity index (χ0) is 22.5. The quantitative estimate of drug-likeness (QED) is 0.314. The summed E-state index contributed by atoms with van der Waals surface area (Å²) in [6.07, 6.45) is 1.61. The molecule has 1 atom stereocenters. The topological polar surface area (TPSA) is 93.1 Å². The molecule has 0 aliphatic carbocycles. The van der Waals surface area contributed by atoms with Crippen LogP contribution in [0.15, 0.2) is 65.1 Å². The summed E-state index contributed by atoms with van der Waals surface area (Å²) in [4.78, 5) is 41.3. The van der Waals surface area contributed by atoms with Crippen LogP contribution in [0.4, 0.5) is 11.4 Å². The Kier molecular flexibility index (Phi) is 7.14. The van der Waals surface area contributed by atoms with E-state index in [1.807, 2.05) is 0 Å². The van der Waals surface area contributed by atoms with Gasteiger partial charge in [-0.15, -0.1) is 6.58 Å². The van der Waals surface area contributed by atoms with Gasteiger partial charge in [0.1, 0.15) is 0 Å². The number of carbonyl (C=O) groups excluding carboxylic acids is 2. The van der Waals surface area contributed by atoms with Gasteiger partial charge >= 0.3 is 0 Å². The first-order valence-corrected chi connectivity index (χ1v) is 10.7. The number of nitrogens with one attached hydrogen (secondary N) is 2. The summed E-state index contributed by atoms with van der Waals surface area (Å²) in [5, 5.41) is 6.30. The molecule has 0 bridgehead atoms. The maximum Gasteiger partial charge on any atom is 0.262 e. The van der Waals surface area contributed by atoms with Gasteiger partial charge in [0.25, 0.3) is 5.56 Å². The van der Waals surface area contributed by atoms with Crippen molar-refractivity contribution in [1.82, 2.24) is 9.55 Å². The van der Waals surface area contributed by atoms with Gasteiger partial charge in [-0.05, 0) is 49.4 Å². The van der Waals surface area contributed by atoms with E-state index >= 15 is 0 Å². The van der Waals surface area contributed by atoms with Crippen molar-refractivity contribution in [1.29, 1.82) is 0 Å². The average molecular weight is 457 g/mol. The Morgan fingerprint density at radius 3 is 2.45 bits per heavy atom. The molecule has 3 rings (SSSR count). The van der Waals surface area contributed by atoms with Gasteiger partial charge in [0.15, 0.2) is 5.16 Å². The Morgan fingerprint density at radius 2 is 1.84 bits per heavy atom. The summed E-state index contributed by atoms with van der Waals surface area (Å²) in [6.45, 7) is 7.13. The predicted octanol–water partition coefficient (Wildman–Crippen LogP) is 4.31. The number of halogens is 1. The Labute approximate surface area is 188 Å². The molecule has 0 spiro atoms. The SMILES string of the molecule is C=CCn1c(SC(C)C(=O)Nc2ccc(NC(C)=O)cc2)nc2cc(Cl)ccc2c1=O. The highest BCUT2D eigenvalue weighted by molar-refractivity contribution is 8.00. The summed E-state index contributed by atoms with van der Waals surface area (Å²) in [5.41, 5.74) is 1.49. The minimum atomic E-state index is -0.533. The molecule has 2 amide bonds. The molecule has 0 saturated heterocycles. The van der Waals surface area contributed by atoms with Crippen molar-refractivity contribution in [3.8, 4) is 0 Å². The molecular formula is C22H21ClN4O3S. The zero-order valence-electron chi connectivity index (χ0n) is 17.0. The second-order valence-corrected chi connectivity index (χ2v) is 8.51. The van der Waals surface area contributed by atoms with Crippen LogP contribution in [-0.2, 0) is 16.1 Å². The predicted molar refractivity (Wildman–Crippen MR) is 126 cm³/mol. The number of anilines is 2. The second-order valence-electron chi connectivity index (χ2n) is 6.77. The largest absolute Gasteiger partial charge is 0.326 e. The number of aromatic nitrogens is 2. The molecule has 1 heterocycles. The van der Waals surface area contributed by atoms with Crippen LogP contribution in [0.3, 0.4) is 0 Å². The van der Waals surface area contributed by atoms with E-state index in [0.29, 0.717) is 32.5 Å². The molecular weight excluding hydrogens is 436 g/mol. The number of hydrogen-bond donors (Lipinski definition) is 2. The van der Waals surface area contributed by atoms with E-state index in [2.05, 4.69) is 22.2 Å². The van der Waals surface area contributed by atoms with Crippen LogP contribution >= 0.6 is 23.4 Å². The fraction of sp³-hybridized carbons (Fsp3) is 0.182. The van der Waals surface area contributed by atoms with Crippen molar-refractivity contribution >= 4 is 57.5 Å². The van der Waals surface area contributed by atoms with Crippen molar-refractivity contribution in [2.45, 2.75) is 30.8 Å². The fourth-order valence-corrected chi connectivity index (χ4v) is 3.93. The Hall–Kier alpha value is -3.10. The molecule has 2 N–H and O–H groups in total. The number of fused-ring (bicyclic) bond motifs is 1. The van der Waals surface area contributed by atoms with Gasteiger partial charge in [0.05, 0.1) is 16.2 Å². The number of nitrogens with zero attached hydrogens (tertiary/aromatic N) is 2. The van der Waals surface area contributed by atoms with E-state index < -0.39 is 5.25 Å². The number of rotatable bonds is 7. The third-order valence-corrected chi connectivity index (χ3v) is 5.64. The molecule has 9 heteroatoms. The van der Waals surface area contributed by atoms with Gasteiger partial charge in [-0.3, -0.25) is 19.0 Å². The van der Waals surface area contributed by atoms with Crippen LogP contribution in [0, 0.1) is 0 Å². The molecule has 0 saturated carbocycles. The summed E-state index contributed by atoms with van der Waals surface area (Å²) in [5.74, 6) is -0.417. The molecule has 160 valence electrons. The van der Waals surface area contributed by atoms with Crippen LogP contribution in [-0.4, -0.2) is 26.6 Å². The van der Waals surface area contributed by atoms with E-state index in [1.54, 1.807) is 55.5 Å². The van der Waals surface area contributed by atoms with Crippen molar-refractivity contribution < 1.29 is 9.59 Å². The molecule has 31 heavy (non-hydrogen) atoms. The van der Waals surface area contributed by atoms with Crippen molar-refractivity contribution in [2.24, 2.45) is 0 Å². The van der Waals surface area contributed by atoms with Crippen LogP contribution in [0.2, 0.25) is 5.02 Å². The molecule has 0 radical (unpaired) electrons. The molecule has 0 aliphatic rings. The molecule has 2 aromatic carbocycles. The molecule has 0 aliphatic heterocycles. The first-order valence-electron chi connectivity index (χ1n) is 9.44. The standard InChI is InChI=1S/C22H21ClN4O3S/c1-4-11-27-21(30)18-10-5-15(23)12-19(18)26-22(27)31-13(2)20(29)25-17-8-6-16(7-9-17)24-14(3)28/h4-10,12-13H,1,11H2,2-3H3,(H,24,28)(H,25,29). The molecule has 7 nitrogen and oxygen atoms in total. The van der Waals surface area contributed by atoms with Crippen LogP contribution in [0.5, 0.6) is 0 Å². The molecule has 1 unspecified atom stereocenters. The zero-order valence-corrected chi connectivity index (χ0v) is 18.6. The van der Waals surface area contributed by atoms with Gasteiger partial charge in [0.2, 0.25) is 11.8 Å². The Morgan fingerprint density at radius 1 is 1.19 bits per heavy atom. The van der Waals surface area contributed by atoms with Crippen molar-refractivity contribution in [3.63, 3.8) is 0 Å². The summed E-state index contributed by atoms with van der Waals surface area (Å²) in [7, 11) is 0. The van der Waals surface area contributed by atoms with Crippen LogP contribution in [0.25, 0.3) is 10.9 Å². The maximum atomic E-state index is 12.9. The molecule has 1 aromatic heterocycles. The normalized spacial score (nSPS) is 11.7. The Balaban J connectivity index is 1.81. The maximum absolute atomic E-state index is 12.9. The van der Waals surface area contributed by atoms with Gasteiger partial charge in [-0.1, -0.05) is 29.4 Å². The first kappa shape index (κ1) is 22.6. The van der Waals surface area contributed by atoms with Crippen molar-refractivity contribution in [2.75, 3.05) is 10.6 Å². The van der Waals surface area contributed by atoms with Crippen LogP contribution < -0.4 is 16.2 Å². The van der Waals surface area contributed by atoms with E-state index in [1.165, 1.54) is 23.3 Å². The molecule has 0 fully saturated rings. The summed E-state index contributed by atoms with van der Waals surface area (Å²) >= 11 is 7.23. The van der Waals surface area contributed by atoms with Crippen molar-refractivity contribution in [3.05, 3.63) is 70.5 Å². The van der Waals surface area contributed by atoms with E-state index in [0.717, 1.165) is 0 Å². The van der Waals surface area contributed by atoms with Gasteiger partial charge in [-0.2, -0.15) is 0 Å². The monoisotopic (exact) mass is 456 g/mol. The van der Waals surface area contributed by atoms with E-state index in [-0.39, 0.29) is 23.9 Å². The highest BCUT2D eigenvalue weighted by Crippen LogP contribution is 2.25. The second kappa shape index (κ2) is 9.80. The average Bonchev–Trinajstić information content (AvgIpc) is 2.71. The molecule has 3 aromatic rings. The van der Waals surface area contributed by atoms with Crippen LogP contribution in [0.1, 0.15) is 13.8 Å². The number of allylic oxidation sites excluding steroid dienone is 1. The van der Waals surface area contributed by atoms with E-state index in [9.17, 15) is 14.4 Å². The van der Waals surface area contributed by atoms with Gasteiger partial charge < -0.3 is 10.6 Å². The lowest BCUT2D eigenvalue weighted by molar-refractivity contribution is -0.115. The highest BCUT2D eigenvalue weighted by Gasteiger charge is 2.19. The Bertz CT molecular complexity index is 1210. The smallest absolute Gasteiger partial charge is 0.262 e. The fourth-order valence-electron chi connectivity index (χ4n) is 2.85. The number of carbonyl (C=O) groups is 2. The number of benzene rings is 2. The lowest BCUT2D eigenvalue weighted by Gasteiger charge is -2.16.